The molecule has 1 aliphatic heterocycles. The number of quaternary nitrogens is 1. The van der Waals surface area contributed by atoms with Crippen molar-refractivity contribution in [1.29, 1.82) is 0 Å². The maximum absolute atomic E-state index is 13.2. The van der Waals surface area contributed by atoms with Crippen LogP contribution in [0.3, 0.4) is 0 Å². The molecule has 2 aromatic carbocycles. The molecule has 1 saturated heterocycles. The Morgan fingerprint density at radius 1 is 1.12 bits per heavy atom. The highest BCUT2D eigenvalue weighted by molar-refractivity contribution is 7.92. The smallest absolute Gasteiger partial charge is 0.363 e. The van der Waals surface area contributed by atoms with E-state index in [1.165, 1.54) is 36.4 Å². The first-order valence-corrected chi connectivity index (χ1v) is 9.39. The highest BCUT2D eigenvalue weighted by atomic mass is 32.2. The first kappa shape index (κ1) is 18.2. The summed E-state index contributed by atoms with van der Waals surface area (Å²) in [7, 11) is -4.05. The van der Waals surface area contributed by atoms with Gasteiger partial charge in [0.15, 0.2) is 0 Å². The van der Waals surface area contributed by atoms with Gasteiger partial charge in [0.2, 0.25) is 9.84 Å². The van der Waals surface area contributed by atoms with Gasteiger partial charge in [-0.15, -0.1) is 0 Å². The van der Waals surface area contributed by atoms with Gasteiger partial charge < -0.3 is 5.73 Å². The number of carbonyl (C=O) groups excluding carboxylic acids is 2. The first-order valence-electron chi connectivity index (χ1n) is 7.68. The second-order valence-corrected chi connectivity index (χ2v) is 8.21. The predicted molar refractivity (Wildman–Crippen MR) is 89.8 cm³/mol. The minimum Gasteiger partial charge on any atom is -0.363 e. The molecule has 2 amide bonds. The minimum absolute atomic E-state index is 0.00459. The molecule has 26 heavy (non-hydrogen) atoms. The largest absolute Gasteiger partial charge is 0.380 e. The number of rotatable bonds is 3. The lowest BCUT2D eigenvalue weighted by Gasteiger charge is -2.26. The third kappa shape index (κ3) is 2.90. The summed E-state index contributed by atoms with van der Waals surface area (Å²) in [4.78, 5) is 24.6. The SMILES string of the molecule is NC(=O)C1[N@@+](O)(C(=O)c2ccccc2-c2ccc(F)cc2)CCS1(=O)=O. The van der Waals surface area contributed by atoms with Crippen LogP contribution in [0.1, 0.15) is 10.4 Å². The Labute approximate surface area is 148 Å². The molecule has 1 heterocycles. The second kappa shape index (κ2) is 6.27. The zero-order valence-corrected chi connectivity index (χ0v) is 14.3. The molecular formula is C17H16FN2O5S+. The molecule has 1 unspecified atom stereocenters. The summed E-state index contributed by atoms with van der Waals surface area (Å²) in [5, 5.41) is 8.68. The number of primary amides is 1. The number of halogens is 1. The Morgan fingerprint density at radius 2 is 1.73 bits per heavy atom. The van der Waals surface area contributed by atoms with Crippen LogP contribution in [0, 0.1) is 5.82 Å². The summed E-state index contributed by atoms with van der Waals surface area (Å²) < 4.78 is 35.7. The number of carbonyl (C=O) groups is 2. The van der Waals surface area contributed by atoms with Crippen molar-refractivity contribution >= 4 is 21.7 Å². The Bertz CT molecular complexity index is 990. The van der Waals surface area contributed by atoms with Crippen molar-refractivity contribution < 1.29 is 32.3 Å². The summed E-state index contributed by atoms with van der Waals surface area (Å²) in [6, 6.07) is 11.5. The summed E-state index contributed by atoms with van der Waals surface area (Å²) in [6.45, 7) is -0.480. The topological polar surface area (TPSA) is 115 Å². The molecule has 3 rings (SSSR count). The zero-order chi connectivity index (χ0) is 19.1. The second-order valence-electron chi connectivity index (χ2n) is 6.03. The Balaban J connectivity index is 2.12. The van der Waals surface area contributed by atoms with E-state index in [-0.39, 0.29) is 5.56 Å². The zero-order valence-electron chi connectivity index (χ0n) is 13.5. The lowest BCUT2D eigenvalue weighted by atomic mass is 9.98. The van der Waals surface area contributed by atoms with Crippen LogP contribution < -0.4 is 5.73 Å². The molecule has 1 fully saturated rings. The highest BCUT2D eigenvalue weighted by Crippen LogP contribution is 2.31. The van der Waals surface area contributed by atoms with Crippen molar-refractivity contribution in [2.75, 3.05) is 12.3 Å². The number of nitrogens with zero attached hydrogens (tertiary/aromatic N) is 1. The first-order chi connectivity index (χ1) is 12.2. The molecule has 0 aliphatic carbocycles. The van der Waals surface area contributed by atoms with Gasteiger partial charge in [0.05, 0.1) is 5.56 Å². The molecular weight excluding hydrogens is 363 g/mol. The van der Waals surface area contributed by atoms with Crippen molar-refractivity contribution in [3.8, 4) is 11.1 Å². The maximum atomic E-state index is 13.2. The third-order valence-corrected chi connectivity index (χ3v) is 6.37. The molecule has 0 radical (unpaired) electrons. The monoisotopic (exact) mass is 379 g/mol. The van der Waals surface area contributed by atoms with Gasteiger partial charge in [-0.2, -0.15) is 0 Å². The summed E-state index contributed by atoms with van der Waals surface area (Å²) in [5.41, 5.74) is 6.02. The lowest BCUT2D eigenvalue weighted by molar-refractivity contribution is -1.03. The van der Waals surface area contributed by atoms with E-state index in [1.807, 2.05) is 0 Å². The normalized spacial score (nSPS) is 24.3. The van der Waals surface area contributed by atoms with Crippen LogP contribution in [-0.4, -0.2) is 47.8 Å². The third-order valence-electron chi connectivity index (χ3n) is 4.35. The average molecular weight is 379 g/mol. The van der Waals surface area contributed by atoms with E-state index < -0.39 is 49.8 Å². The van der Waals surface area contributed by atoms with Gasteiger partial charge in [0, 0.05) is 0 Å². The molecule has 0 aromatic heterocycles. The highest BCUT2D eigenvalue weighted by Gasteiger charge is 2.61. The van der Waals surface area contributed by atoms with Crippen LogP contribution in [0.15, 0.2) is 48.5 Å². The van der Waals surface area contributed by atoms with Gasteiger partial charge in [0.1, 0.15) is 18.1 Å². The number of sulfone groups is 1. The van der Waals surface area contributed by atoms with Crippen LogP contribution in [0.25, 0.3) is 11.1 Å². The predicted octanol–water partition coefficient (Wildman–Crippen LogP) is 1.08. The van der Waals surface area contributed by atoms with Crippen LogP contribution in [-0.2, 0) is 14.6 Å². The molecule has 7 nitrogen and oxygen atoms in total. The Morgan fingerprint density at radius 3 is 2.35 bits per heavy atom. The quantitative estimate of drug-likeness (QED) is 0.612. The fraction of sp³-hybridized carbons (Fsp3) is 0.176. The van der Waals surface area contributed by atoms with Crippen molar-refractivity contribution in [3.63, 3.8) is 0 Å². The van der Waals surface area contributed by atoms with Crippen LogP contribution in [0.2, 0.25) is 0 Å². The lowest BCUT2D eigenvalue weighted by Crippen LogP contribution is -2.59. The molecule has 136 valence electrons. The molecule has 3 N–H and O–H groups in total. The van der Waals surface area contributed by atoms with Gasteiger partial charge in [-0.3, -0.25) is 4.79 Å². The number of hydrogen-bond acceptors (Lipinski definition) is 5. The van der Waals surface area contributed by atoms with Crippen LogP contribution in [0.5, 0.6) is 0 Å². The van der Waals surface area contributed by atoms with Crippen molar-refractivity contribution in [3.05, 3.63) is 59.9 Å². The van der Waals surface area contributed by atoms with Gasteiger partial charge in [-0.1, -0.05) is 35.0 Å². The molecule has 0 spiro atoms. The molecule has 0 saturated carbocycles. The van der Waals surface area contributed by atoms with E-state index in [2.05, 4.69) is 0 Å². The van der Waals surface area contributed by atoms with E-state index in [4.69, 9.17) is 5.73 Å². The maximum Gasteiger partial charge on any atom is 0.380 e. The minimum atomic E-state index is -4.05. The van der Waals surface area contributed by atoms with Gasteiger partial charge in [-0.05, 0) is 29.3 Å². The fourth-order valence-electron chi connectivity index (χ4n) is 3.12. The van der Waals surface area contributed by atoms with E-state index in [9.17, 15) is 27.6 Å². The van der Waals surface area contributed by atoms with E-state index in [1.54, 1.807) is 12.1 Å². The summed E-state index contributed by atoms with van der Waals surface area (Å²) in [6.07, 6.45) is 0. The molecule has 1 aliphatic rings. The number of nitrogens with two attached hydrogens (primary N) is 1. The average Bonchev–Trinajstić information content (AvgIpc) is 2.85. The van der Waals surface area contributed by atoms with E-state index in [0.29, 0.717) is 11.1 Å². The number of hydrogen-bond donors (Lipinski definition) is 2. The molecule has 2 atom stereocenters. The number of hydroxylamine groups is 3. The van der Waals surface area contributed by atoms with Gasteiger partial charge >= 0.3 is 11.3 Å². The summed E-state index contributed by atoms with van der Waals surface area (Å²) in [5.74, 6) is -3.25. The van der Waals surface area contributed by atoms with E-state index >= 15 is 0 Å². The fourth-order valence-corrected chi connectivity index (χ4v) is 4.96. The van der Waals surface area contributed by atoms with Crippen molar-refractivity contribution in [2.45, 2.75) is 5.37 Å². The van der Waals surface area contributed by atoms with Crippen molar-refractivity contribution in [1.82, 2.24) is 0 Å². The van der Waals surface area contributed by atoms with Gasteiger partial charge in [0.25, 0.3) is 5.91 Å². The molecule has 0 bridgehead atoms. The van der Waals surface area contributed by atoms with Crippen LogP contribution >= 0.6 is 0 Å². The van der Waals surface area contributed by atoms with E-state index in [0.717, 1.165) is 0 Å². The molecule has 2 aromatic rings. The Kier molecular flexibility index (Phi) is 4.39. The Hall–Kier alpha value is -2.62. The van der Waals surface area contributed by atoms with Gasteiger partial charge in [-0.25, -0.2) is 22.8 Å². The number of benzene rings is 2. The standard InChI is InChI=1S/C17H15FN2O5S/c18-12-7-5-11(6-8-12)13-3-1-2-4-14(13)16(22)20(23)9-10-26(24,25)17(20)15(19)21/h1-8,17,23H,9-10H2,(H-,19,21)/p+1/t17?,20-/m0/s1. The number of amides is 2. The summed E-state index contributed by atoms with van der Waals surface area (Å²) >= 11 is 0. The molecule has 9 heteroatoms. The van der Waals surface area contributed by atoms with Crippen LogP contribution in [0.4, 0.5) is 4.39 Å². The van der Waals surface area contributed by atoms with Crippen molar-refractivity contribution in [2.24, 2.45) is 5.73 Å².